The molecule has 21 heavy (non-hydrogen) atoms. The van der Waals surface area contributed by atoms with Gasteiger partial charge in [0.15, 0.2) is 0 Å². The molecule has 1 aliphatic heterocycles. The lowest BCUT2D eigenvalue weighted by atomic mass is 10.1. The Bertz CT molecular complexity index is 603. The number of sulfonamides is 1. The van der Waals surface area contributed by atoms with Crippen LogP contribution in [-0.4, -0.2) is 51.9 Å². The maximum Gasteiger partial charge on any atom is 0.250 e. The lowest BCUT2D eigenvalue weighted by Gasteiger charge is -2.32. The van der Waals surface area contributed by atoms with Gasteiger partial charge in [-0.15, -0.1) is 11.3 Å². The molecule has 2 heterocycles. The van der Waals surface area contributed by atoms with Crippen molar-refractivity contribution in [3.05, 3.63) is 16.5 Å². The van der Waals surface area contributed by atoms with Crippen LogP contribution < -0.4 is 10.0 Å². The first-order valence-electron chi connectivity index (χ1n) is 6.62. The summed E-state index contributed by atoms with van der Waals surface area (Å²) >= 11 is 6.69. The fraction of sp³-hybridized carbons (Fsp3) is 0.583. The van der Waals surface area contributed by atoms with Gasteiger partial charge in [-0.2, -0.15) is 0 Å². The number of likely N-dealkylation sites (N-methyl/N-ethyl adjacent to an activating group) is 1. The zero-order chi connectivity index (χ0) is 15.5. The van der Waals surface area contributed by atoms with Crippen molar-refractivity contribution in [1.82, 2.24) is 14.9 Å². The Morgan fingerprint density at radius 1 is 1.52 bits per heavy atom. The van der Waals surface area contributed by atoms with Gasteiger partial charge in [-0.05, 0) is 32.0 Å². The highest BCUT2D eigenvalue weighted by Crippen LogP contribution is 2.25. The minimum Gasteiger partial charge on any atom is -0.340 e. The zero-order valence-electron chi connectivity index (χ0n) is 11.6. The van der Waals surface area contributed by atoms with E-state index in [2.05, 4.69) is 10.0 Å². The van der Waals surface area contributed by atoms with Crippen LogP contribution in [0.3, 0.4) is 0 Å². The third-order valence-corrected chi connectivity index (χ3v) is 6.53. The normalized spacial score (nSPS) is 19.7. The maximum atomic E-state index is 12.1. The molecule has 1 aromatic rings. The van der Waals surface area contributed by atoms with Crippen molar-refractivity contribution in [3.8, 4) is 0 Å². The smallest absolute Gasteiger partial charge is 0.250 e. The molecule has 9 heteroatoms. The van der Waals surface area contributed by atoms with Crippen LogP contribution in [0.2, 0.25) is 4.34 Å². The molecule has 0 radical (unpaired) electrons. The molecule has 2 rings (SSSR count). The van der Waals surface area contributed by atoms with Crippen molar-refractivity contribution in [2.75, 3.05) is 26.7 Å². The van der Waals surface area contributed by atoms with Crippen LogP contribution in [0, 0.1) is 0 Å². The molecule has 1 saturated heterocycles. The predicted octanol–water partition coefficient (Wildman–Crippen LogP) is 0.890. The van der Waals surface area contributed by atoms with Crippen LogP contribution >= 0.6 is 22.9 Å². The molecule has 118 valence electrons. The van der Waals surface area contributed by atoms with E-state index in [1.54, 1.807) is 4.90 Å². The molecule has 1 aliphatic rings. The number of rotatable bonds is 5. The number of nitrogens with zero attached hydrogens (tertiary/aromatic N) is 1. The number of piperidine rings is 1. The Hall–Kier alpha value is -0.670. The number of carbonyl (C=O) groups is 1. The molecule has 1 amide bonds. The molecule has 0 saturated carbocycles. The van der Waals surface area contributed by atoms with Gasteiger partial charge in [-0.25, -0.2) is 13.1 Å². The van der Waals surface area contributed by atoms with E-state index in [-0.39, 0.29) is 22.7 Å². The Morgan fingerprint density at radius 3 is 2.90 bits per heavy atom. The first-order valence-corrected chi connectivity index (χ1v) is 9.30. The predicted molar refractivity (Wildman–Crippen MR) is 83.2 cm³/mol. The minimum atomic E-state index is -3.67. The second-order valence-corrected chi connectivity index (χ2v) is 8.56. The van der Waals surface area contributed by atoms with Crippen molar-refractivity contribution in [2.45, 2.75) is 23.1 Å². The molecule has 0 bridgehead atoms. The van der Waals surface area contributed by atoms with Crippen LogP contribution in [0.1, 0.15) is 12.8 Å². The average molecular weight is 352 g/mol. The Balaban J connectivity index is 1.91. The van der Waals surface area contributed by atoms with Crippen molar-refractivity contribution in [1.29, 1.82) is 0 Å². The van der Waals surface area contributed by atoms with Crippen LogP contribution in [0.25, 0.3) is 0 Å². The Morgan fingerprint density at radius 2 is 2.29 bits per heavy atom. The van der Waals surface area contributed by atoms with Gasteiger partial charge in [0.1, 0.15) is 4.21 Å². The van der Waals surface area contributed by atoms with Crippen LogP contribution in [0.5, 0.6) is 0 Å². The Kier molecular flexibility index (Phi) is 5.61. The summed E-state index contributed by atoms with van der Waals surface area (Å²) < 4.78 is 26.9. The molecule has 1 fully saturated rings. The first kappa shape index (κ1) is 16.7. The van der Waals surface area contributed by atoms with Crippen molar-refractivity contribution in [2.24, 2.45) is 0 Å². The van der Waals surface area contributed by atoms with E-state index in [1.807, 2.05) is 7.05 Å². The number of amides is 1. The number of carbonyl (C=O) groups excluding carboxylic acids is 1. The Labute approximate surface area is 133 Å². The molecule has 1 aromatic heterocycles. The van der Waals surface area contributed by atoms with E-state index in [1.165, 1.54) is 12.1 Å². The molecule has 1 atom stereocenters. The summed E-state index contributed by atoms with van der Waals surface area (Å²) in [5.41, 5.74) is 0. The molecule has 0 spiro atoms. The first-order chi connectivity index (χ1) is 9.92. The summed E-state index contributed by atoms with van der Waals surface area (Å²) in [5, 5.41) is 3.14. The van der Waals surface area contributed by atoms with Gasteiger partial charge in [0.2, 0.25) is 5.91 Å². The largest absolute Gasteiger partial charge is 0.340 e. The number of halogens is 1. The van der Waals surface area contributed by atoms with E-state index < -0.39 is 10.0 Å². The van der Waals surface area contributed by atoms with E-state index in [0.717, 1.165) is 24.2 Å². The maximum absolute atomic E-state index is 12.1. The summed E-state index contributed by atoms with van der Waals surface area (Å²) in [5.74, 6) is -0.207. The van der Waals surface area contributed by atoms with Crippen molar-refractivity contribution >= 4 is 38.9 Å². The summed E-state index contributed by atoms with van der Waals surface area (Å²) in [6.45, 7) is 1.06. The molecule has 0 aromatic carbocycles. The summed E-state index contributed by atoms with van der Waals surface area (Å²) in [6, 6.07) is 3.22. The molecular weight excluding hydrogens is 334 g/mol. The summed E-state index contributed by atoms with van der Waals surface area (Å²) in [6.07, 6.45) is 1.95. The second-order valence-electron chi connectivity index (χ2n) is 4.85. The summed E-state index contributed by atoms with van der Waals surface area (Å²) in [4.78, 5) is 13.8. The van der Waals surface area contributed by atoms with Crippen LogP contribution in [-0.2, 0) is 14.8 Å². The standard InChI is InChI=1S/C12H18ClN3O3S2/c1-14-9-3-2-6-16(8-9)11(17)7-15-21(18,19)12-5-4-10(13)20-12/h4-5,9,14-15H,2-3,6-8H2,1H3. The average Bonchev–Trinajstić information content (AvgIpc) is 2.92. The van der Waals surface area contributed by atoms with Gasteiger partial charge >= 0.3 is 0 Å². The van der Waals surface area contributed by atoms with Gasteiger partial charge in [0, 0.05) is 19.1 Å². The number of hydrogen-bond acceptors (Lipinski definition) is 5. The fourth-order valence-corrected chi connectivity index (χ4v) is 4.72. The molecule has 1 unspecified atom stereocenters. The monoisotopic (exact) mass is 351 g/mol. The highest BCUT2D eigenvalue weighted by Gasteiger charge is 2.24. The highest BCUT2D eigenvalue weighted by atomic mass is 35.5. The number of hydrogen-bond donors (Lipinski definition) is 2. The van der Waals surface area contributed by atoms with E-state index in [0.29, 0.717) is 17.4 Å². The number of thiophene rings is 1. The number of nitrogens with one attached hydrogen (secondary N) is 2. The minimum absolute atomic E-state index is 0.118. The molecular formula is C12H18ClN3O3S2. The fourth-order valence-electron chi connectivity index (χ4n) is 2.22. The van der Waals surface area contributed by atoms with E-state index in [4.69, 9.17) is 11.6 Å². The van der Waals surface area contributed by atoms with Crippen molar-refractivity contribution < 1.29 is 13.2 Å². The van der Waals surface area contributed by atoms with E-state index >= 15 is 0 Å². The van der Waals surface area contributed by atoms with Crippen molar-refractivity contribution in [3.63, 3.8) is 0 Å². The van der Waals surface area contributed by atoms with E-state index in [9.17, 15) is 13.2 Å². The third-order valence-electron chi connectivity index (χ3n) is 3.41. The van der Waals surface area contributed by atoms with Gasteiger partial charge in [0.05, 0.1) is 10.9 Å². The lowest BCUT2D eigenvalue weighted by molar-refractivity contribution is -0.131. The summed E-state index contributed by atoms with van der Waals surface area (Å²) in [7, 11) is -1.81. The second kappa shape index (κ2) is 7.06. The quantitative estimate of drug-likeness (QED) is 0.825. The van der Waals surface area contributed by atoms with Crippen LogP contribution in [0.15, 0.2) is 16.3 Å². The topological polar surface area (TPSA) is 78.5 Å². The molecule has 2 N–H and O–H groups in total. The lowest BCUT2D eigenvalue weighted by Crippen LogP contribution is -2.49. The van der Waals surface area contributed by atoms with Gasteiger partial charge < -0.3 is 10.2 Å². The molecule has 0 aliphatic carbocycles. The van der Waals surface area contributed by atoms with Gasteiger partial charge in [0.25, 0.3) is 10.0 Å². The number of likely N-dealkylation sites (tertiary alicyclic amines) is 1. The SMILES string of the molecule is CNC1CCCN(C(=O)CNS(=O)(=O)c2ccc(Cl)s2)C1. The van der Waals surface area contributed by atoms with Gasteiger partial charge in [-0.1, -0.05) is 11.6 Å². The zero-order valence-corrected chi connectivity index (χ0v) is 14.0. The molecule has 6 nitrogen and oxygen atoms in total. The highest BCUT2D eigenvalue weighted by molar-refractivity contribution is 7.91. The van der Waals surface area contributed by atoms with Crippen LogP contribution in [0.4, 0.5) is 0 Å². The van der Waals surface area contributed by atoms with Gasteiger partial charge in [-0.3, -0.25) is 4.79 Å². The third kappa shape index (κ3) is 4.40.